The lowest BCUT2D eigenvalue weighted by molar-refractivity contribution is 0.620. The lowest BCUT2D eigenvalue weighted by atomic mass is 10.1. The Morgan fingerprint density at radius 2 is 2.07 bits per heavy atom. The number of aromatic nitrogens is 1. The third-order valence-electron chi connectivity index (χ3n) is 2.58. The van der Waals surface area contributed by atoms with E-state index in [2.05, 4.69) is 4.98 Å². The van der Waals surface area contributed by atoms with E-state index in [9.17, 15) is 9.18 Å². The van der Waals surface area contributed by atoms with Crippen molar-refractivity contribution >= 4 is 10.9 Å². The van der Waals surface area contributed by atoms with Crippen molar-refractivity contribution in [2.24, 2.45) is 0 Å². The van der Waals surface area contributed by atoms with Gasteiger partial charge in [-0.15, -0.1) is 0 Å². The predicted molar refractivity (Wildman–Crippen MR) is 58.6 cm³/mol. The van der Waals surface area contributed by atoms with Gasteiger partial charge in [0.05, 0.1) is 0 Å². The number of aryl methyl sites for hydroxylation is 2. The summed E-state index contributed by atoms with van der Waals surface area (Å²) >= 11 is 0. The van der Waals surface area contributed by atoms with Crippen LogP contribution in [-0.4, -0.2) is 4.98 Å². The van der Waals surface area contributed by atoms with E-state index in [1.54, 1.807) is 19.1 Å². The molecule has 15 heavy (non-hydrogen) atoms. The maximum Gasteiger partial charge on any atom is 0.251 e. The maximum absolute atomic E-state index is 13.3. The molecule has 0 radical (unpaired) electrons. The van der Waals surface area contributed by atoms with E-state index >= 15 is 0 Å². The van der Waals surface area contributed by atoms with Crippen LogP contribution in [0.15, 0.2) is 23.0 Å². The number of aromatic amines is 1. The molecule has 1 N–H and O–H groups in total. The molecule has 3 heteroatoms. The van der Waals surface area contributed by atoms with Crippen molar-refractivity contribution in [3.63, 3.8) is 0 Å². The number of pyridine rings is 1. The fourth-order valence-electron chi connectivity index (χ4n) is 1.64. The minimum absolute atomic E-state index is 0.0870. The van der Waals surface area contributed by atoms with Gasteiger partial charge in [-0.25, -0.2) is 4.39 Å². The molecule has 2 rings (SSSR count). The van der Waals surface area contributed by atoms with Crippen LogP contribution >= 0.6 is 0 Å². The van der Waals surface area contributed by atoms with Gasteiger partial charge in [0.25, 0.3) is 5.56 Å². The van der Waals surface area contributed by atoms with Crippen molar-refractivity contribution in [2.45, 2.75) is 20.3 Å². The maximum atomic E-state index is 13.3. The fourth-order valence-corrected chi connectivity index (χ4v) is 1.64. The summed E-state index contributed by atoms with van der Waals surface area (Å²) in [4.78, 5) is 14.3. The highest BCUT2D eigenvalue weighted by atomic mass is 19.1. The lowest BCUT2D eigenvalue weighted by Gasteiger charge is -2.03. The second-order valence-electron chi connectivity index (χ2n) is 3.67. The summed E-state index contributed by atoms with van der Waals surface area (Å²) in [5.41, 5.74) is 1.83. The highest BCUT2D eigenvalue weighted by Crippen LogP contribution is 2.16. The molecule has 0 aliphatic rings. The lowest BCUT2D eigenvalue weighted by Crippen LogP contribution is -2.11. The highest BCUT2D eigenvalue weighted by molar-refractivity contribution is 5.79. The monoisotopic (exact) mass is 205 g/mol. The van der Waals surface area contributed by atoms with Crippen molar-refractivity contribution < 1.29 is 4.39 Å². The topological polar surface area (TPSA) is 32.9 Å². The first kappa shape index (κ1) is 9.90. The van der Waals surface area contributed by atoms with Crippen molar-refractivity contribution in [1.82, 2.24) is 4.98 Å². The molecule has 0 unspecified atom stereocenters. The minimum Gasteiger partial charge on any atom is -0.322 e. The summed E-state index contributed by atoms with van der Waals surface area (Å²) in [6.07, 6.45) is 0.654. The predicted octanol–water partition coefficient (Wildman–Crippen LogP) is 2.54. The molecule has 2 aromatic rings. The summed E-state index contributed by atoms with van der Waals surface area (Å²) in [5, 5.41) is 0.745. The van der Waals surface area contributed by atoms with Gasteiger partial charge in [-0.1, -0.05) is 6.92 Å². The number of fused-ring (bicyclic) bond motifs is 1. The smallest absolute Gasteiger partial charge is 0.251 e. The van der Waals surface area contributed by atoms with Crippen LogP contribution < -0.4 is 5.56 Å². The Balaban J connectivity index is 2.82. The average molecular weight is 205 g/mol. The van der Waals surface area contributed by atoms with Crippen LogP contribution in [0.25, 0.3) is 10.9 Å². The van der Waals surface area contributed by atoms with Crippen molar-refractivity contribution in [3.05, 3.63) is 45.5 Å². The van der Waals surface area contributed by atoms with Gasteiger partial charge in [0, 0.05) is 16.5 Å². The van der Waals surface area contributed by atoms with Gasteiger partial charge in [0.2, 0.25) is 0 Å². The molecule has 78 valence electrons. The average Bonchev–Trinajstić information content (AvgIpc) is 2.20. The Morgan fingerprint density at radius 3 is 2.73 bits per heavy atom. The van der Waals surface area contributed by atoms with E-state index in [0.717, 1.165) is 5.39 Å². The summed E-state index contributed by atoms with van der Waals surface area (Å²) in [6, 6.07) is 4.86. The van der Waals surface area contributed by atoms with Crippen LogP contribution in [0, 0.1) is 12.7 Å². The number of hydrogen-bond donors (Lipinski definition) is 1. The van der Waals surface area contributed by atoms with Crippen LogP contribution in [0.4, 0.5) is 4.39 Å². The fraction of sp³-hybridized carbons (Fsp3) is 0.250. The number of halogens is 1. The summed E-state index contributed by atoms with van der Waals surface area (Å²) < 4.78 is 13.3. The Bertz CT molecular complexity index is 572. The zero-order valence-corrected chi connectivity index (χ0v) is 8.73. The third-order valence-corrected chi connectivity index (χ3v) is 2.58. The van der Waals surface area contributed by atoms with Gasteiger partial charge in [0.1, 0.15) is 5.82 Å². The van der Waals surface area contributed by atoms with Gasteiger partial charge in [-0.2, -0.15) is 0 Å². The Labute approximate surface area is 86.8 Å². The molecule has 1 heterocycles. The van der Waals surface area contributed by atoms with Crippen LogP contribution in [0.3, 0.4) is 0 Å². The molecule has 1 aromatic carbocycles. The van der Waals surface area contributed by atoms with E-state index in [1.165, 1.54) is 6.07 Å². The summed E-state index contributed by atoms with van der Waals surface area (Å²) in [5.74, 6) is -0.239. The molecule has 0 aliphatic heterocycles. The number of benzene rings is 1. The van der Waals surface area contributed by atoms with Crippen molar-refractivity contribution in [1.29, 1.82) is 0 Å². The minimum atomic E-state index is -0.239. The largest absolute Gasteiger partial charge is 0.322 e. The first-order valence-electron chi connectivity index (χ1n) is 4.94. The second-order valence-corrected chi connectivity index (χ2v) is 3.67. The molecule has 0 atom stereocenters. The van der Waals surface area contributed by atoms with E-state index < -0.39 is 0 Å². The molecule has 0 spiro atoms. The SMILES string of the molecule is CCc1cc2cc(F)c(C)cc2[nH]c1=O. The van der Waals surface area contributed by atoms with Gasteiger partial charge >= 0.3 is 0 Å². The van der Waals surface area contributed by atoms with Gasteiger partial charge in [-0.05, 0) is 37.1 Å². The van der Waals surface area contributed by atoms with E-state index in [1.807, 2.05) is 6.92 Å². The molecule has 0 saturated carbocycles. The molecule has 1 aromatic heterocycles. The van der Waals surface area contributed by atoms with Crippen LogP contribution in [0.2, 0.25) is 0 Å². The first-order valence-corrected chi connectivity index (χ1v) is 4.94. The first-order chi connectivity index (χ1) is 7.11. The van der Waals surface area contributed by atoms with Gasteiger partial charge < -0.3 is 4.98 Å². The standard InChI is InChI=1S/C12H12FNO/c1-3-8-5-9-6-10(13)7(2)4-11(9)14-12(8)15/h4-6H,3H2,1-2H3,(H,14,15). The van der Waals surface area contributed by atoms with Gasteiger partial charge in [-0.3, -0.25) is 4.79 Å². The molecule has 0 bridgehead atoms. The summed E-state index contributed by atoms with van der Waals surface area (Å²) in [6.45, 7) is 3.59. The van der Waals surface area contributed by atoms with E-state index in [4.69, 9.17) is 0 Å². The Hall–Kier alpha value is -1.64. The van der Waals surface area contributed by atoms with Crippen molar-refractivity contribution in [3.8, 4) is 0 Å². The molecular formula is C12H12FNO. The second kappa shape index (κ2) is 3.50. The third kappa shape index (κ3) is 1.65. The molecule has 0 fully saturated rings. The Morgan fingerprint density at radius 1 is 1.33 bits per heavy atom. The van der Waals surface area contributed by atoms with Crippen LogP contribution in [0.5, 0.6) is 0 Å². The van der Waals surface area contributed by atoms with E-state index in [-0.39, 0.29) is 11.4 Å². The summed E-state index contributed by atoms with van der Waals surface area (Å²) in [7, 11) is 0. The molecule has 0 saturated heterocycles. The van der Waals surface area contributed by atoms with Crippen LogP contribution in [-0.2, 0) is 6.42 Å². The quantitative estimate of drug-likeness (QED) is 0.762. The number of nitrogens with one attached hydrogen (secondary N) is 1. The van der Waals surface area contributed by atoms with E-state index in [0.29, 0.717) is 23.1 Å². The normalized spacial score (nSPS) is 10.9. The molecular weight excluding hydrogens is 193 g/mol. The molecule has 0 amide bonds. The molecule has 2 nitrogen and oxygen atoms in total. The zero-order valence-electron chi connectivity index (χ0n) is 8.73. The highest BCUT2D eigenvalue weighted by Gasteiger charge is 2.04. The molecule has 0 aliphatic carbocycles. The number of H-pyrrole nitrogens is 1. The van der Waals surface area contributed by atoms with Crippen molar-refractivity contribution in [2.75, 3.05) is 0 Å². The number of rotatable bonds is 1. The van der Waals surface area contributed by atoms with Gasteiger partial charge in [0.15, 0.2) is 0 Å². The number of hydrogen-bond acceptors (Lipinski definition) is 1. The Kier molecular flexibility index (Phi) is 2.31. The zero-order chi connectivity index (χ0) is 11.0. The van der Waals surface area contributed by atoms with Crippen LogP contribution in [0.1, 0.15) is 18.1 Å².